The Morgan fingerprint density at radius 3 is 2.28 bits per heavy atom. The molecule has 0 bridgehead atoms. The van der Waals surface area contributed by atoms with Crippen LogP contribution in [-0.4, -0.2) is 5.71 Å². The van der Waals surface area contributed by atoms with Crippen LogP contribution in [0.1, 0.15) is 23.6 Å². The lowest BCUT2D eigenvalue weighted by Gasteiger charge is -2.06. The molecular weight excluding hydrogens is 220 g/mol. The normalized spacial score (nSPS) is 11.4. The summed E-state index contributed by atoms with van der Waals surface area (Å²) >= 11 is 0. The quantitative estimate of drug-likeness (QED) is 0.630. The van der Waals surface area contributed by atoms with Crippen molar-refractivity contribution in [3.8, 4) is 0 Å². The molecule has 2 rings (SSSR count). The van der Waals surface area contributed by atoms with Gasteiger partial charge in [0, 0.05) is 0 Å². The first kappa shape index (κ1) is 12.4. The zero-order valence-corrected chi connectivity index (χ0v) is 11.1. The number of rotatable bonds is 3. The number of nitrogens with zero attached hydrogens (tertiary/aromatic N) is 1. The van der Waals surface area contributed by atoms with E-state index in [2.05, 4.69) is 54.7 Å². The third kappa shape index (κ3) is 2.98. The molecule has 2 aromatic carbocycles. The average Bonchev–Trinajstić information content (AvgIpc) is 2.38. The molecule has 2 aromatic rings. The number of nitrogens with one attached hydrogen (secondary N) is 1. The molecule has 0 heterocycles. The van der Waals surface area contributed by atoms with E-state index in [1.165, 1.54) is 11.1 Å². The molecule has 0 aromatic heterocycles. The lowest BCUT2D eigenvalue weighted by atomic mass is 10.1. The maximum absolute atomic E-state index is 4.42. The van der Waals surface area contributed by atoms with Gasteiger partial charge in [-0.15, -0.1) is 0 Å². The highest BCUT2D eigenvalue weighted by molar-refractivity contribution is 5.99. The third-order valence-corrected chi connectivity index (χ3v) is 2.96. The fraction of sp³-hybridized carbons (Fsp3) is 0.188. The molecular formula is C16H18N2. The summed E-state index contributed by atoms with van der Waals surface area (Å²) < 4.78 is 0. The van der Waals surface area contributed by atoms with Gasteiger partial charge in [0.15, 0.2) is 0 Å². The number of benzene rings is 2. The Balaban J connectivity index is 2.14. The maximum Gasteiger partial charge on any atom is 0.0648 e. The Kier molecular flexibility index (Phi) is 3.78. The standard InChI is InChI=1S/C16H18N2/c1-12-8-10-15(11-9-12)14(3)17-18-16-7-5-4-6-13(16)2/h4-11,18H,1-3H3/b17-14-. The van der Waals surface area contributed by atoms with Crippen molar-refractivity contribution >= 4 is 11.4 Å². The van der Waals surface area contributed by atoms with Crippen molar-refractivity contribution in [2.75, 3.05) is 5.43 Å². The van der Waals surface area contributed by atoms with Gasteiger partial charge in [0.25, 0.3) is 0 Å². The predicted octanol–water partition coefficient (Wildman–Crippen LogP) is 4.14. The van der Waals surface area contributed by atoms with Crippen molar-refractivity contribution in [1.29, 1.82) is 0 Å². The Hall–Kier alpha value is -2.09. The Labute approximate surface area is 108 Å². The number of hydrogen-bond donors (Lipinski definition) is 1. The molecule has 1 N–H and O–H groups in total. The SMILES string of the molecule is C/C(=N/Nc1ccccc1C)c1ccc(C)cc1. The highest BCUT2D eigenvalue weighted by Gasteiger charge is 1.98. The maximum atomic E-state index is 4.42. The Morgan fingerprint density at radius 2 is 1.61 bits per heavy atom. The second-order valence-electron chi connectivity index (χ2n) is 4.49. The van der Waals surface area contributed by atoms with Gasteiger partial charge in [0.1, 0.15) is 0 Å². The Bertz CT molecular complexity index is 554. The molecule has 0 aliphatic heterocycles. The average molecular weight is 238 g/mol. The molecule has 2 nitrogen and oxygen atoms in total. The van der Waals surface area contributed by atoms with Crippen LogP contribution in [0, 0.1) is 13.8 Å². The van der Waals surface area contributed by atoms with E-state index >= 15 is 0 Å². The van der Waals surface area contributed by atoms with Crippen molar-refractivity contribution in [1.82, 2.24) is 0 Å². The summed E-state index contributed by atoms with van der Waals surface area (Å²) in [6.45, 7) is 6.16. The van der Waals surface area contributed by atoms with E-state index in [1.54, 1.807) is 0 Å². The number of hydrazone groups is 1. The smallest absolute Gasteiger partial charge is 0.0648 e. The summed E-state index contributed by atoms with van der Waals surface area (Å²) in [7, 11) is 0. The van der Waals surface area contributed by atoms with Gasteiger partial charge in [0.05, 0.1) is 11.4 Å². The monoisotopic (exact) mass is 238 g/mol. The highest BCUT2D eigenvalue weighted by atomic mass is 15.3. The summed E-state index contributed by atoms with van der Waals surface area (Å²) in [5, 5.41) is 4.42. The van der Waals surface area contributed by atoms with E-state index in [4.69, 9.17) is 0 Å². The van der Waals surface area contributed by atoms with Gasteiger partial charge in [-0.25, -0.2) is 0 Å². The molecule has 0 unspecified atom stereocenters. The molecule has 0 aliphatic rings. The van der Waals surface area contributed by atoms with Crippen LogP contribution in [0.25, 0.3) is 0 Å². The first-order valence-electron chi connectivity index (χ1n) is 6.10. The van der Waals surface area contributed by atoms with Crippen LogP contribution in [0.2, 0.25) is 0 Å². The van der Waals surface area contributed by atoms with Crippen molar-refractivity contribution in [2.24, 2.45) is 5.10 Å². The molecule has 0 saturated carbocycles. The molecule has 0 saturated heterocycles. The molecule has 0 fully saturated rings. The van der Waals surface area contributed by atoms with Gasteiger partial charge >= 0.3 is 0 Å². The molecule has 2 heteroatoms. The first-order valence-corrected chi connectivity index (χ1v) is 6.10. The number of hydrogen-bond acceptors (Lipinski definition) is 2. The van der Waals surface area contributed by atoms with Crippen LogP contribution >= 0.6 is 0 Å². The first-order chi connectivity index (χ1) is 8.66. The van der Waals surface area contributed by atoms with Crippen LogP contribution in [0.3, 0.4) is 0 Å². The number of anilines is 1. The minimum absolute atomic E-state index is 0.984. The zero-order valence-electron chi connectivity index (χ0n) is 11.1. The third-order valence-electron chi connectivity index (χ3n) is 2.96. The minimum Gasteiger partial charge on any atom is -0.278 e. The second kappa shape index (κ2) is 5.50. The van der Waals surface area contributed by atoms with E-state index in [0.29, 0.717) is 0 Å². The molecule has 18 heavy (non-hydrogen) atoms. The highest BCUT2D eigenvalue weighted by Crippen LogP contribution is 2.13. The van der Waals surface area contributed by atoms with Gasteiger partial charge in [0.2, 0.25) is 0 Å². The second-order valence-corrected chi connectivity index (χ2v) is 4.49. The molecule has 0 spiro atoms. The lowest BCUT2D eigenvalue weighted by molar-refractivity contribution is 1.29. The van der Waals surface area contributed by atoms with Crippen molar-refractivity contribution in [3.63, 3.8) is 0 Å². The van der Waals surface area contributed by atoms with Crippen LogP contribution in [-0.2, 0) is 0 Å². The molecule has 0 radical (unpaired) electrons. The van der Waals surface area contributed by atoms with Crippen LogP contribution in [0.4, 0.5) is 5.69 Å². The van der Waals surface area contributed by atoms with E-state index in [0.717, 1.165) is 17.0 Å². The summed E-state index contributed by atoms with van der Waals surface area (Å²) in [6.07, 6.45) is 0. The van der Waals surface area contributed by atoms with E-state index in [1.807, 2.05) is 25.1 Å². The summed E-state index contributed by atoms with van der Waals surface area (Å²) in [6, 6.07) is 16.5. The van der Waals surface area contributed by atoms with Crippen LogP contribution < -0.4 is 5.43 Å². The molecule has 0 atom stereocenters. The fourth-order valence-corrected chi connectivity index (χ4v) is 1.70. The zero-order chi connectivity index (χ0) is 13.0. The number of para-hydroxylation sites is 1. The summed E-state index contributed by atoms with van der Waals surface area (Å²) in [4.78, 5) is 0. The van der Waals surface area contributed by atoms with Gasteiger partial charge in [-0.3, -0.25) is 5.43 Å². The van der Waals surface area contributed by atoms with Gasteiger partial charge < -0.3 is 0 Å². The summed E-state index contributed by atoms with van der Waals surface area (Å²) in [5.74, 6) is 0. The fourth-order valence-electron chi connectivity index (χ4n) is 1.70. The van der Waals surface area contributed by atoms with Gasteiger partial charge in [-0.2, -0.15) is 5.10 Å². The van der Waals surface area contributed by atoms with E-state index in [-0.39, 0.29) is 0 Å². The van der Waals surface area contributed by atoms with Crippen molar-refractivity contribution < 1.29 is 0 Å². The Morgan fingerprint density at radius 1 is 0.944 bits per heavy atom. The van der Waals surface area contributed by atoms with E-state index in [9.17, 15) is 0 Å². The van der Waals surface area contributed by atoms with Crippen LogP contribution in [0.15, 0.2) is 53.6 Å². The summed E-state index contributed by atoms with van der Waals surface area (Å²) in [5.41, 5.74) is 8.74. The number of aryl methyl sites for hydroxylation is 2. The molecule has 0 amide bonds. The predicted molar refractivity (Wildman–Crippen MR) is 78.2 cm³/mol. The largest absolute Gasteiger partial charge is 0.278 e. The van der Waals surface area contributed by atoms with Crippen molar-refractivity contribution in [2.45, 2.75) is 20.8 Å². The van der Waals surface area contributed by atoms with Gasteiger partial charge in [-0.1, -0.05) is 48.0 Å². The van der Waals surface area contributed by atoms with Crippen LogP contribution in [0.5, 0.6) is 0 Å². The molecule has 92 valence electrons. The van der Waals surface area contributed by atoms with E-state index < -0.39 is 0 Å². The lowest BCUT2D eigenvalue weighted by Crippen LogP contribution is -2.00. The van der Waals surface area contributed by atoms with Gasteiger partial charge in [-0.05, 0) is 38.0 Å². The van der Waals surface area contributed by atoms with Crippen molar-refractivity contribution in [3.05, 3.63) is 65.2 Å². The minimum atomic E-state index is 0.984. The topological polar surface area (TPSA) is 24.4 Å². The molecule has 0 aliphatic carbocycles.